The lowest BCUT2D eigenvalue weighted by Crippen LogP contribution is -2.31. The normalized spacial score (nSPS) is 26.0. The molecule has 2 fully saturated rings. The SMILES string of the molecule is ClC(CCCC1CCC2(CCCCC2)O1)c1ccccc1. The second kappa shape index (κ2) is 7.15. The van der Waals surface area contributed by atoms with Gasteiger partial charge in [0.25, 0.3) is 0 Å². The molecule has 21 heavy (non-hydrogen) atoms. The zero-order valence-corrected chi connectivity index (χ0v) is 13.7. The van der Waals surface area contributed by atoms with E-state index in [-0.39, 0.29) is 11.0 Å². The molecule has 3 rings (SSSR count). The summed E-state index contributed by atoms with van der Waals surface area (Å²) in [4.78, 5) is 0. The summed E-state index contributed by atoms with van der Waals surface area (Å²) in [5.74, 6) is 0. The maximum atomic E-state index is 6.49. The van der Waals surface area contributed by atoms with Gasteiger partial charge < -0.3 is 4.74 Å². The van der Waals surface area contributed by atoms with Gasteiger partial charge in [-0.3, -0.25) is 0 Å². The summed E-state index contributed by atoms with van der Waals surface area (Å²) in [6, 6.07) is 10.4. The molecule has 1 spiro atoms. The molecule has 2 heteroatoms. The van der Waals surface area contributed by atoms with E-state index < -0.39 is 0 Å². The van der Waals surface area contributed by atoms with Gasteiger partial charge in [-0.25, -0.2) is 0 Å². The molecule has 1 nitrogen and oxygen atoms in total. The van der Waals surface area contributed by atoms with Crippen molar-refractivity contribution in [2.45, 2.75) is 81.3 Å². The molecule has 0 aromatic heterocycles. The van der Waals surface area contributed by atoms with E-state index in [0.29, 0.717) is 6.10 Å². The van der Waals surface area contributed by atoms with Gasteiger partial charge in [0, 0.05) is 0 Å². The maximum Gasteiger partial charge on any atom is 0.0687 e. The van der Waals surface area contributed by atoms with Crippen LogP contribution in [0.3, 0.4) is 0 Å². The van der Waals surface area contributed by atoms with Gasteiger partial charge in [0.2, 0.25) is 0 Å². The Morgan fingerprint density at radius 1 is 1.10 bits per heavy atom. The molecular weight excluding hydrogens is 280 g/mol. The van der Waals surface area contributed by atoms with Crippen LogP contribution in [0.2, 0.25) is 0 Å². The Balaban J connectivity index is 1.40. The van der Waals surface area contributed by atoms with Gasteiger partial charge in [-0.1, -0.05) is 49.6 Å². The second-order valence-electron chi connectivity index (χ2n) is 6.83. The molecule has 2 unspecified atom stereocenters. The fourth-order valence-corrected chi connectivity index (χ4v) is 4.32. The molecule has 1 aromatic rings. The van der Waals surface area contributed by atoms with E-state index >= 15 is 0 Å². The number of alkyl halides is 1. The Kier molecular flexibility index (Phi) is 5.24. The van der Waals surface area contributed by atoms with Crippen LogP contribution in [0.1, 0.15) is 75.1 Å². The quantitative estimate of drug-likeness (QED) is 0.604. The Morgan fingerprint density at radius 3 is 2.62 bits per heavy atom. The zero-order valence-electron chi connectivity index (χ0n) is 12.9. The average molecular weight is 307 g/mol. The van der Waals surface area contributed by atoms with Crippen LogP contribution in [0.25, 0.3) is 0 Å². The summed E-state index contributed by atoms with van der Waals surface area (Å²) in [6.45, 7) is 0. The van der Waals surface area contributed by atoms with Gasteiger partial charge in [0.15, 0.2) is 0 Å². The summed E-state index contributed by atoms with van der Waals surface area (Å²) in [5.41, 5.74) is 1.51. The van der Waals surface area contributed by atoms with Crippen LogP contribution in [0, 0.1) is 0 Å². The molecule has 1 aliphatic heterocycles. The van der Waals surface area contributed by atoms with Crippen LogP contribution in [0.5, 0.6) is 0 Å². The Morgan fingerprint density at radius 2 is 1.86 bits per heavy atom. The lowest BCUT2D eigenvalue weighted by Gasteiger charge is -2.33. The van der Waals surface area contributed by atoms with E-state index in [9.17, 15) is 0 Å². The Hall–Kier alpha value is -0.530. The van der Waals surface area contributed by atoms with Crippen LogP contribution in [-0.2, 0) is 4.74 Å². The molecule has 2 atom stereocenters. The van der Waals surface area contributed by atoms with Crippen LogP contribution in [0.4, 0.5) is 0 Å². The Bertz CT molecular complexity index is 424. The Labute approximate surface area is 134 Å². The summed E-state index contributed by atoms with van der Waals surface area (Å²) in [7, 11) is 0. The van der Waals surface area contributed by atoms with E-state index in [0.717, 1.165) is 6.42 Å². The van der Waals surface area contributed by atoms with E-state index in [4.69, 9.17) is 16.3 Å². The van der Waals surface area contributed by atoms with Gasteiger partial charge in [-0.2, -0.15) is 0 Å². The highest BCUT2D eigenvalue weighted by Gasteiger charge is 2.40. The molecule has 1 aliphatic carbocycles. The van der Waals surface area contributed by atoms with Crippen molar-refractivity contribution >= 4 is 11.6 Å². The molecule has 2 aliphatic rings. The number of hydrogen-bond acceptors (Lipinski definition) is 1. The largest absolute Gasteiger partial charge is 0.372 e. The minimum atomic E-state index is 0.149. The number of ether oxygens (including phenoxy) is 1. The standard InChI is InChI=1S/C19H27ClO/c20-18(16-8-3-1-4-9-16)11-7-10-17-12-15-19(21-17)13-5-2-6-14-19/h1,3-4,8-9,17-18H,2,5-7,10-15H2. The number of halogens is 1. The molecule has 0 bridgehead atoms. The van der Waals surface area contributed by atoms with Crippen molar-refractivity contribution in [3.05, 3.63) is 35.9 Å². The predicted octanol–water partition coefficient (Wildman–Crippen LogP) is 6.02. The molecular formula is C19H27ClO. The summed E-state index contributed by atoms with van der Waals surface area (Å²) in [5, 5.41) is 0.149. The third kappa shape index (κ3) is 4.02. The van der Waals surface area contributed by atoms with Gasteiger partial charge in [0.1, 0.15) is 0 Å². The molecule has 1 saturated carbocycles. The summed E-state index contributed by atoms with van der Waals surface area (Å²) < 4.78 is 6.43. The molecule has 0 radical (unpaired) electrons. The monoisotopic (exact) mass is 306 g/mol. The molecule has 0 N–H and O–H groups in total. The second-order valence-corrected chi connectivity index (χ2v) is 7.36. The third-order valence-corrected chi connectivity index (χ3v) is 5.72. The van der Waals surface area contributed by atoms with E-state index in [1.165, 1.54) is 63.4 Å². The predicted molar refractivity (Wildman–Crippen MR) is 88.8 cm³/mol. The van der Waals surface area contributed by atoms with Crippen molar-refractivity contribution in [1.82, 2.24) is 0 Å². The molecule has 116 valence electrons. The van der Waals surface area contributed by atoms with E-state index in [1.807, 2.05) is 6.07 Å². The lowest BCUT2D eigenvalue weighted by molar-refractivity contribution is -0.0660. The van der Waals surface area contributed by atoms with E-state index in [2.05, 4.69) is 24.3 Å². The number of benzene rings is 1. The smallest absolute Gasteiger partial charge is 0.0687 e. The fraction of sp³-hybridized carbons (Fsp3) is 0.684. The van der Waals surface area contributed by atoms with Crippen molar-refractivity contribution in [2.24, 2.45) is 0 Å². The van der Waals surface area contributed by atoms with E-state index in [1.54, 1.807) is 0 Å². The van der Waals surface area contributed by atoms with Crippen molar-refractivity contribution in [3.63, 3.8) is 0 Å². The molecule has 1 aromatic carbocycles. The van der Waals surface area contributed by atoms with Crippen LogP contribution < -0.4 is 0 Å². The fourth-order valence-electron chi connectivity index (χ4n) is 4.02. The van der Waals surface area contributed by atoms with Crippen LogP contribution in [-0.4, -0.2) is 11.7 Å². The highest BCUT2D eigenvalue weighted by Crippen LogP contribution is 2.43. The molecule has 1 saturated heterocycles. The molecule has 1 heterocycles. The average Bonchev–Trinajstić information content (AvgIpc) is 2.91. The first kappa shape index (κ1) is 15.4. The maximum absolute atomic E-state index is 6.49. The third-order valence-electron chi connectivity index (χ3n) is 5.25. The van der Waals surface area contributed by atoms with Gasteiger partial charge in [-0.05, 0) is 50.5 Å². The minimum Gasteiger partial charge on any atom is -0.372 e. The lowest BCUT2D eigenvalue weighted by atomic mass is 9.83. The van der Waals surface area contributed by atoms with Gasteiger partial charge in [0.05, 0.1) is 17.1 Å². The summed E-state index contributed by atoms with van der Waals surface area (Å²) in [6.07, 6.45) is 13.2. The highest BCUT2D eigenvalue weighted by molar-refractivity contribution is 6.20. The summed E-state index contributed by atoms with van der Waals surface area (Å²) >= 11 is 6.49. The van der Waals surface area contributed by atoms with Crippen molar-refractivity contribution in [1.29, 1.82) is 0 Å². The van der Waals surface area contributed by atoms with Crippen molar-refractivity contribution in [3.8, 4) is 0 Å². The number of rotatable bonds is 5. The topological polar surface area (TPSA) is 9.23 Å². The van der Waals surface area contributed by atoms with Gasteiger partial charge in [-0.15, -0.1) is 11.6 Å². The minimum absolute atomic E-state index is 0.149. The van der Waals surface area contributed by atoms with Gasteiger partial charge >= 0.3 is 0 Å². The zero-order chi connectivity index (χ0) is 14.5. The molecule has 0 amide bonds. The van der Waals surface area contributed by atoms with Crippen molar-refractivity contribution in [2.75, 3.05) is 0 Å². The number of hydrogen-bond donors (Lipinski definition) is 0. The van der Waals surface area contributed by atoms with Crippen molar-refractivity contribution < 1.29 is 4.74 Å². The highest BCUT2D eigenvalue weighted by atomic mass is 35.5. The van der Waals surface area contributed by atoms with Crippen LogP contribution >= 0.6 is 11.6 Å². The first-order valence-corrected chi connectivity index (χ1v) is 9.08. The first-order valence-electron chi connectivity index (χ1n) is 8.64. The van der Waals surface area contributed by atoms with Crippen LogP contribution in [0.15, 0.2) is 30.3 Å². The first-order chi connectivity index (χ1) is 10.3.